The molecule has 1 aromatic carbocycles. The van der Waals surface area contributed by atoms with Gasteiger partial charge in [0.15, 0.2) is 11.5 Å². The van der Waals surface area contributed by atoms with Gasteiger partial charge in [-0.25, -0.2) is 4.98 Å². The van der Waals surface area contributed by atoms with E-state index in [2.05, 4.69) is 24.1 Å². The Morgan fingerprint density at radius 1 is 1.13 bits per heavy atom. The topological polar surface area (TPSA) is 43.4 Å². The van der Waals surface area contributed by atoms with Crippen LogP contribution in [0, 0.1) is 0 Å². The first-order valence-electron chi connectivity index (χ1n) is 7.22. The van der Waals surface area contributed by atoms with Gasteiger partial charge in [0.05, 0.1) is 7.11 Å². The zero-order valence-electron chi connectivity index (χ0n) is 13.5. The lowest BCUT2D eigenvalue weighted by atomic mass is 10.2. The Labute approximate surface area is 148 Å². The number of hydrogen-bond donors (Lipinski definition) is 1. The van der Waals surface area contributed by atoms with Crippen LogP contribution < -0.4 is 14.8 Å². The maximum atomic E-state index is 5.81. The second-order valence-corrected chi connectivity index (χ2v) is 5.69. The van der Waals surface area contributed by atoms with E-state index in [0.29, 0.717) is 23.6 Å². The van der Waals surface area contributed by atoms with Crippen LogP contribution in [0.25, 0.3) is 0 Å². The smallest absolute Gasteiger partial charge is 0.161 e. The van der Waals surface area contributed by atoms with Crippen molar-refractivity contribution in [2.45, 2.75) is 33.0 Å². The van der Waals surface area contributed by atoms with Gasteiger partial charge in [0.2, 0.25) is 0 Å². The van der Waals surface area contributed by atoms with E-state index in [1.165, 1.54) is 0 Å². The Bertz CT molecular complexity index is 604. The Morgan fingerprint density at radius 2 is 1.87 bits per heavy atom. The van der Waals surface area contributed by atoms with Crippen molar-refractivity contribution in [3.05, 3.63) is 52.8 Å². The molecule has 0 unspecified atom stereocenters. The van der Waals surface area contributed by atoms with Gasteiger partial charge >= 0.3 is 0 Å². The van der Waals surface area contributed by atoms with Crippen LogP contribution in [0.4, 0.5) is 0 Å². The molecule has 0 saturated carbocycles. The third-order valence-corrected chi connectivity index (χ3v) is 3.35. The second kappa shape index (κ2) is 9.60. The molecule has 1 aromatic heterocycles. The van der Waals surface area contributed by atoms with Crippen molar-refractivity contribution in [3.8, 4) is 11.5 Å². The van der Waals surface area contributed by atoms with Crippen LogP contribution in [-0.4, -0.2) is 18.1 Å². The molecule has 1 N–H and O–H groups in total. The molecule has 0 radical (unpaired) electrons. The fraction of sp³-hybridized carbons (Fsp3) is 0.353. The molecule has 2 rings (SSSR count). The maximum Gasteiger partial charge on any atom is 0.161 e. The van der Waals surface area contributed by atoms with Crippen LogP contribution in [0.3, 0.4) is 0 Å². The monoisotopic (exact) mass is 356 g/mol. The summed E-state index contributed by atoms with van der Waals surface area (Å²) in [5.74, 6) is 1.44. The minimum Gasteiger partial charge on any atom is -0.493 e. The molecule has 0 amide bonds. The zero-order chi connectivity index (χ0) is 15.9. The van der Waals surface area contributed by atoms with Crippen molar-refractivity contribution < 1.29 is 9.47 Å². The van der Waals surface area contributed by atoms with E-state index >= 15 is 0 Å². The highest BCUT2D eigenvalue weighted by Gasteiger charge is 2.07. The summed E-state index contributed by atoms with van der Waals surface area (Å²) in [7, 11) is 1.64. The summed E-state index contributed by atoms with van der Waals surface area (Å²) >= 11 is 5.77. The van der Waals surface area contributed by atoms with Gasteiger partial charge in [-0.15, -0.1) is 12.4 Å². The van der Waals surface area contributed by atoms with Crippen molar-refractivity contribution in [2.75, 3.05) is 7.11 Å². The number of rotatable bonds is 7. The summed E-state index contributed by atoms with van der Waals surface area (Å²) in [5.41, 5.74) is 2.11. The molecule has 2 aromatic rings. The third-order valence-electron chi connectivity index (χ3n) is 3.13. The first kappa shape index (κ1) is 19.6. The van der Waals surface area contributed by atoms with Crippen LogP contribution in [-0.2, 0) is 13.2 Å². The van der Waals surface area contributed by atoms with Gasteiger partial charge < -0.3 is 14.8 Å². The fourth-order valence-electron chi connectivity index (χ4n) is 1.92. The van der Waals surface area contributed by atoms with Gasteiger partial charge in [-0.3, -0.25) is 0 Å². The van der Waals surface area contributed by atoms with Gasteiger partial charge in [0.1, 0.15) is 11.8 Å². The SMILES string of the molecule is COc1cc(CNC(C)C)ccc1OCc1ccc(Cl)nc1.Cl. The highest BCUT2D eigenvalue weighted by atomic mass is 35.5. The first-order valence-corrected chi connectivity index (χ1v) is 7.60. The zero-order valence-corrected chi connectivity index (χ0v) is 15.1. The maximum absolute atomic E-state index is 5.81. The van der Waals surface area contributed by atoms with Crippen LogP contribution in [0.2, 0.25) is 5.15 Å². The van der Waals surface area contributed by atoms with Crippen molar-refractivity contribution in [1.29, 1.82) is 0 Å². The molecule has 4 nitrogen and oxygen atoms in total. The Balaban J connectivity index is 0.00000264. The lowest BCUT2D eigenvalue weighted by Crippen LogP contribution is -2.21. The lowest BCUT2D eigenvalue weighted by molar-refractivity contribution is 0.284. The Morgan fingerprint density at radius 3 is 2.48 bits per heavy atom. The molecule has 126 valence electrons. The van der Waals surface area contributed by atoms with Gasteiger partial charge in [0.25, 0.3) is 0 Å². The molecule has 6 heteroatoms. The average Bonchev–Trinajstić information content (AvgIpc) is 2.52. The minimum absolute atomic E-state index is 0. The largest absolute Gasteiger partial charge is 0.493 e. The molecule has 0 spiro atoms. The van der Waals surface area contributed by atoms with E-state index in [9.17, 15) is 0 Å². The number of nitrogens with one attached hydrogen (secondary N) is 1. The quantitative estimate of drug-likeness (QED) is 0.753. The minimum atomic E-state index is 0. The molecular weight excluding hydrogens is 335 g/mol. The molecule has 0 atom stereocenters. The number of ether oxygens (including phenoxy) is 2. The number of nitrogens with zero attached hydrogens (tertiary/aromatic N) is 1. The lowest BCUT2D eigenvalue weighted by Gasteiger charge is -2.13. The summed E-state index contributed by atoms with van der Waals surface area (Å²) < 4.78 is 11.2. The predicted molar refractivity (Wildman–Crippen MR) is 95.8 cm³/mol. The highest BCUT2D eigenvalue weighted by Crippen LogP contribution is 2.28. The number of hydrogen-bond acceptors (Lipinski definition) is 4. The Hall–Kier alpha value is -1.49. The van der Waals surface area contributed by atoms with Crippen LogP contribution in [0.5, 0.6) is 11.5 Å². The number of halogens is 2. The van der Waals surface area contributed by atoms with E-state index in [0.717, 1.165) is 23.4 Å². The van der Waals surface area contributed by atoms with Gasteiger partial charge in [-0.1, -0.05) is 37.6 Å². The molecule has 23 heavy (non-hydrogen) atoms. The van der Waals surface area contributed by atoms with E-state index in [1.807, 2.05) is 24.3 Å². The first-order chi connectivity index (χ1) is 10.6. The molecule has 1 heterocycles. The Kier molecular flexibility index (Phi) is 8.17. The molecule has 0 fully saturated rings. The summed E-state index contributed by atoms with van der Waals surface area (Å²) in [6.45, 7) is 5.46. The second-order valence-electron chi connectivity index (χ2n) is 5.30. The number of aromatic nitrogens is 1. The van der Waals surface area contributed by atoms with E-state index in [-0.39, 0.29) is 12.4 Å². The van der Waals surface area contributed by atoms with E-state index in [1.54, 1.807) is 19.4 Å². The fourth-order valence-corrected chi connectivity index (χ4v) is 2.03. The van der Waals surface area contributed by atoms with Gasteiger partial charge in [0, 0.05) is 24.3 Å². The summed E-state index contributed by atoms with van der Waals surface area (Å²) in [4.78, 5) is 4.03. The van der Waals surface area contributed by atoms with Crippen molar-refractivity contribution >= 4 is 24.0 Å². The highest BCUT2D eigenvalue weighted by molar-refractivity contribution is 6.29. The average molecular weight is 357 g/mol. The van der Waals surface area contributed by atoms with Crippen LogP contribution in [0.1, 0.15) is 25.0 Å². The van der Waals surface area contributed by atoms with Crippen molar-refractivity contribution in [2.24, 2.45) is 0 Å². The number of pyridine rings is 1. The molecule has 0 bridgehead atoms. The molecular formula is C17H22Cl2N2O2. The number of benzene rings is 1. The van der Waals surface area contributed by atoms with Crippen molar-refractivity contribution in [3.63, 3.8) is 0 Å². The number of methoxy groups -OCH3 is 1. The summed E-state index contributed by atoms with van der Waals surface area (Å²) in [6, 6.07) is 10.0. The molecule has 0 aliphatic rings. The molecule has 0 aliphatic carbocycles. The van der Waals surface area contributed by atoms with E-state index < -0.39 is 0 Å². The van der Waals surface area contributed by atoms with Gasteiger partial charge in [-0.05, 0) is 23.8 Å². The normalized spacial score (nSPS) is 10.3. The third kappa shape index (κ3) is 6.26. The summed E-state index contributed by atoms with van der Waals surface area (Å²) in [5, 5.41) is 3.85. The van der Waals surface area contributed by atoms with Crippen LogP contribution >= 0.6 is 24.0 Å². The van der Waals surface area contributed by atoms with Crippen molar-refractivity contribution in [1.82, 2.24) is 10.3 Å². The predicted octanol–water partition coefficient (Wildman–Crippen LogP) is 4.24. The van der Waals surface area contributed by atoms with E-state index in [4.69, 9.17) is 21.1 Å². The standard InChI is InChI=1S/C17H21ClN2O2.ClH/c1-12(2)19-9-13-4-6-15(16(8-13)21-3)22-11-14-5-7-17(18)20-10-14;/h4-8,10,12,19H,9,11H2,1-3H3;1H. The molecule has 0 saturated heterocycles. The summed E-state index contributed by atoms with van der Waals surface area (Å²) in [6.07, 6.45) is 1.70. The van der Waals surface area contributed by atoms with Crippen LogP contribution in [0.15, 0.2) is 36.5 Å². The van der Waals surface area contributed by atoms with Gasteiger partial charge in [-0.2, -0.15) is 0 Å². The molecule has 0 aliphatic heterocycles.